The van der Waals surface area contributed by atoms with Gasteiger partial charge in [0.1, 0.15) is 4.88 Å². The molecule has 0 saturated carbocycles. The van der Waals surface area contributed by atoms with Gasteiger partial charge in [-0.1, -0.05) is 11.6 Å². The van der Waals surface area contributed by atoms with E-state index >= 15 is 0 Å². The van der Waals surface area contributed by atoms with Crippen molar-refractivity contribution in [1.29, 1.82) is 0 Å². The fourth-order valence-corrected chi connectivity index (χ4v) is 2.55. The molecule has 0 fully saturated rings. The number of nitrogens with zero attached hydrogens (tertiary/aromatic N) is 2. The number of nitrogens with two attached hydrogens (primary N) is 1. The minimum Gasteiger partial charge on any atom is -0.365 e. The van der Waals surface area contributed by atoms with Crippen LogP contribution in [-0.4, -0.2) is 15.7 Å². The second kappa shape index (κ2) is 4.27. The number of amides is 1. The van der Waals surface area contributed by atoms with Crippen molar-refractivity contribution in [2.24, 2.45) is 5.73 Å². The summed E-state index contributed by atoms with van der Waals surface area (Å²) in [5.41, 5.74) is 6.81. The van der Waals surface area contributed by atoms with Gasteiger partial charge in [-0.3, -0.25) is 9.48 Å². The summed E-state index contributed by atoms with van der Waals surface area (Å²) in [4.78, 5) is 11.8. The first-order valence-corrected chi connectivity index (χ1v) is 6.00. The van der Waals surface area contributed by atoms with E-state index in [0.717, 1.165) is 11.3 Å². The van der Waals surface area contributed by atoms with Crippen molar-refractivity contribution in [1.82, 2.24) is 9.78 Å². The smallest absolute Gasteiger partial charge is 0.259 e. The lowest BCUT2D eigenvalue weighted by atomic mass is 10.2. The number of thiophene rings is 1. The molecule has 2 N–H and O–H groups in total. The normalized spacial score (nSPS) is 10.6. The van der Waals surface area contributed by atoms with Crippen molar-refractivity contribution < 1.29 is 4.79 Å². The van der Waals surface area contributed by atoms with E-state index in [1.165, 1.54) is 11.3 Å². The Hall–Kier alpha value is -1.33. The van der Waals surface area contributed by atoms with Crippen LogP contribution in [0.4, 0.5) is 0 Å². The first-order chi connectivity index (χ1) is 7.65. The van der Waals surface area contributed by atoms with Crippen molar-refractivity contribution >= 4 is 28.8 Å². The quantitative estimate of drug-likeness (QED) is 0.915. The molecule has 16 heavy (non-hydrogen) atoms. The van der Waals surface area contributed by atoms with Gasteiger partial charge < -0.3 is 5.73 Å². The van der Waals surface area contributed by atoms with E-state index in [0.29, 0.717) is 16.4 Å². The average Bonchev–Trinajstić information content (AvgIpc) is 2.82. The standard InChI is InChI=1S/C10H10ClN3OS/c1-2-14-8(7(11)5-13-14)6-3-4-16-9(6)10(12)15/h3-5H,2H2,1H3,(H2,12,15). The maximum Gasteiger partial charge on any atom is 0.259 e. The number of halogens is 1. The third-order valence-electron chi connectivity index (χ3n) is 2.24. The van der Waals surface area contributed by atoms with E-state index in [2.05, 4.69) is 5.10 Å². The highest BCUT2D eigenvalue weighted by molar-refractivity contribution is 7.12. The molecule has 2 rings (SSSR count). The molecule has 2 heterocycles. The van der Waals surface area contributed by atoms with Gasteiger partial charge in [-0.15, -0.1) is 11.3 Å². The minimum atomic E-state index is -0.440. The van der Waals surface area contributed by atoms with Gasteiger partial charge in [0.2, 0.25) is 0 Å². The van der Waals surface area contributed by atoms with Gasteiger partial charge >= 0.3 is 0 Å². The fraction of sp³-hybridized carbons (Fsp3) is 0.200. The number of primary amides is 1. The Morgan fingerprint density at radius 1 is 1.69 bits per heavy atom. The first-order valence-electron chi connectivity index (χ1n) is 4.74. The SMILES string of the molecule is CCn1ncc(Cl)c1-c1ccsc1C(N)=O. The van der Waals surface area contributed by atoms with Gasteiger partial charge in [-0.05, 0) is 18.4 Å². The number of carbonyl (C=O) groups excluding carboxylic acids is 1. The second-order valence-corrected chi connectivity index (χ2v) is 4.51. The summed E-state index contributed by atoms with van der Waals surface area (Å²) in [7, 11) is 0. The molecule has 0 aliphatic rings. The molecule has 6 heteroatoms. The molecule has 0 aliphatic carbocycles. The molecule has 0 bridgehead atoms. The van der Waals surface area contributed by atoms with E-state index < -0.39 is 5.91 Å². The first kappa shape index (κ1) is 11.2. The topological polar surface area (TPSA) is 60.9 Å². The highest BCUT2D eigenvalue weighted by atomic mass is 35.5. The van der Waals surface area contributed by atoms with Crippen LogP contribution in [0.15, 0.2) is 17.6 Å². The lowest BCUT2D eigenvalue weighted by molar-refractivity contribution is 0.100. The van der Waals surface area contributed by atoms with E-state index in [9.17, 15) is 4.79 Å². The summed E-state index contributed by atoms with van der Waals surface area (Å²) in [6.07, 6.45) is 1.57. The molecular weight excluding hydrogens is 246 g/mol. The molecule has 1 amide bonds. The Morgan fingerprint density at radius 3 is 3.06 bits per heavy atom. The minimum absolute atomic E-state index is 0.440. The number of hydrogen-bond donors (Lipinski definition) is 1. The molecule has 0 unspecified atom stereocenters. The van der Waals surface area contributed by atoms with Gasteiger partial charge in [0.05, 0.1) is 16.9 Å². The zero-order valence-electron chi connectivity index (χ0n) is 8.61. The largest absolute Gasteiger partial charge is 0.365 e. The Balaban J connectivity index is 2.62. The number of carbonyl (C=O) groups is 1. The molecule has 2 aromatic heterocycles. The van der Waals surface area contributed by atoms with Gasteiger partial charge in [-0.2, -0.15) is 5.10 Å². The van der Waals surface area contributed by atoms with Crippen molar-refractivity contribution in [2.75, 3.05) is 0 Å². The maximum absolute atomic E-state index is 11.2. The summed E-state index contributed by atoms with van der Waals surface area (Å²) in [5.74, 6) is -0.440. The predicted octanol–water partition coefficient (Wildman–Crippen LogP) is 2.38. The highest BCUT2D eigenvalue weighted by Gasteiger charge is 2.18. The van der Waals surface area contributed by atoms with Gasteiger partial charge in [-0.25, -0.2) is 0 Å². The van der Waals surface area contributed by atoms with Crippen molar-refractivity contribution in [3.8, 4) is 11.3 Å². The van der Waals surface area contributed by atoms with Crippen LogP contribution in [0.3, 0.4) is 0 Å². The molecular formula is C10H10ClN3OS. The Labute approximate surface area is 102 Å². The molecule has 0 atom stereocenters. The zero-order chi connectivity index (χ0) is 11.7. The van der Waals surface area contributed by atoms with Gasteiger partial charge in [0.15, 0.2) is 0 Å². The van der Waals surface area contributed by atoms with Gasteiger partial charge in [0, 0.05) is 12.1 Å². The summed E-state index contributed by atoms with van der Waals surface area (Å²) < 4.78 is 1.75. The third-order valence-corrected chi connectivity index (χ3v) is 3.44. The summed E-state index contributed by atoms with van der Waals surface area (Å²) in [6.45, 7) is 2.65. The van der Waals surface area contributed by atoms with E-state index in [-0.39, 0.29) is 0 Å². The number of aromatic nitrogens is 2. The average molecular weight is 256 g/mol. The predicted molar refractivity (Wildman–Crippen MR) is 64.7 cm³/mol. The molecule has 0 saturated heterocycles. The van der Waals surface area contributed by atoms with E-state index in [1.54, 1.807) is 10.9 Å². The van der Waals surface area contributed by atoms with Crippen LogP contribution in [0.1, 0.15) is 16.6 Å². The van der Waals surface area contributed by atoms with Crippen LogP contribution in [0.25, 0.3) is 11.3 Å². The molecule has 0 spiro atoms. The number of aryl methyl sites for hydroxylation is 1. The van der Waals surface area contributed by atoms with Crippen LogP contribution in [-0.2, 0) is 6.54 Å². The van der Waals surface area contributed by atoms with Crippen LogP contribution < -0.4 is 5.73 Å². The van der Waals surface area contributed by atoms with Gasteiger partial charge in [0.25, 0.3) is 5.91 Å². The molecule has 4 nitrogen and oxygen atoms in total. The van der Waals surface area contributed by atoms with E-state index in [1.807, 2.05) is 18.4 Å². The maximum atomic E-state index is 11.2. The number of rotatable bonds is 3. The fourth-order valence-electron chi connectivity index (χ4n) is 1.56. The molecule has 2 aromatic rings. The van der Waals surface area contributed by atoms with Crippen molar-refractivity contribution in [3.05, 3.63) is 27.5 Å². The van der Waals surface area contributed by atoms with Crippen LogP contribution >= 0.6 is 22.9 Å². The summed E-state index contributed by atoms with van der Waals surface area (Å²) in [5, 5.41) is 6.48. The Kier molecular flexibility index (Phi) is 2.98. The summed E-state index contributed by atoms with van der Waals surface area (Å²) >= 11 is 7.37. The molecule has 0 aromatic carbocycles. The second-order valence-electron chi connectivity index (χ2n) is 3.18. The monoisotopic (exact) mass is 255 g/mol. The lowest BCUT2D eigenvalue weighted by Crippen LogP contribution is -2.11. The van der Waals surface area contributed by atoms with Crippen molar-refractivity contribution in [3.63, 3.8) is 0 Å². The number of hydrogen-bond acceptors (Lipinski definition) is 3. The highest BCUT2D eigenvalue weighted by Crippen LogP contribution is 2.33. The Bertz CT molecular complexity index is 532. The molecule has 0 radical (unpaired) electrons. The van der Waals surface area contributed by atoms with Crippen LogP contribution in [0.2, 0.25) is 5.02 Å². The Morgan fingerprint density at radius 2 is 2.44 bits per heavy atom. The van der Waals surface area contributed by atoms with Crippen molar-refractivity contribution in [2.45, 2.75) is 13.5 Å². The van der Waals surface area contributed by atoms with Crippen LogP contribution in [0, 0.1) is 0 Å². The summed E-state index contributed by atoms with van der Waals surface area (Å²) in [6, 6.07) is 1.83. The lowest BCUT2D eigenvalue weighted by Gasteiger charge is -2.05. The van der Waals surface area contributed by atoms with Crippen LogP contribution in [0.5, 0.6) is 0 Å². The third kappa shape index (κ3) is 1.72. The molecule has 84 valence electrons. The van der Waals surface area contributed by atoms with E-state index in [4.69, 9.17) is 17.3 Å². The molecule has 0 aliphatic heterocycles. The zero-order valence-corrected chi connectivity index (χ0v) is 10.2.